The fourth-order valence-electron chi connectivity index (χ4n) is 0.800. The Bertz CT molecular complexity index is 162. The van der Waals surface area contributed by atoms with Crippen molar-refractivity contribution in [3.63, 3.8) is 0 Å². The average molecular weight is 164 g/mol. The van der Waals surface area contributed by atoms with Crippen LogP contribution in [0.4, 0.5) is 0 Å². The van der Waals surface area contributed by atoms with Gasteiger partial charge in [-0.05, 0) is 40.5 Å². The Hall–Kier alpha value is -0.780. The second kappa shape index (κ2) is 6.90. The summed E-state index contributed by atoms with van der Waals surface area (Å²) in [4.78, 5) is 0. The van der Waals surface area contributed by atoms with E-state index in [0.29, 0.717) is 0 Å². The van der Waals surface area contributed by atoms with Crippen molar-refractivity contribution in [2.75, 3.05) is 0 Å². The first-order valence-corrected chi connectivity index (χ1v) is 4.54. The van der Waals surface area contributed by atoms with E-state index >= 15 is 0 Å². The minimum absolute atomic E-state index is 1.07. The fraction of sp³-hybridized carbons (Fsp3) is 0.500. The van der Waals surface area contributed by atoms with Gasteiger partial charge in [-0.1, -0.05) is 35.5 Å². The lowest BCUT2D eigenvalue weighted by atomic mass is 10.2. The first kappa shape index (κ1) is 11.2. The topological polar surface area (TPSA) is 0 Å². The van der Waals surface area contributed by atoms with Crippen LogP contribution in [0.2, 0.25) is 0 Å². The van der Waals surface area contributed by atoms with Gasteiger partial charge < -0.3 is 0 Å². The Morgan fingerprint density at radius 2 is 1.08 bits per heavy atom. The molecule has 0 amide bonds. The van der Waals surface area contributed by atoms with E-state index in [1.165, 1.54) is 11.1 Å². The van der Waals surface area contributed by atoms with Gasteiger partial charge in [0.25, 0.3) is 0 Å². The maximum atomic E-state index is 2.24. The summed E-state index contributed by atoms with van der Waals surface area (Å²) in [7, 11) is 0. The van der Waals surface area contributed by atoms with Crippen LogP contribution >= 0.6 is 0 Å². The lowest BCUT2D eigenvalue weighted by Crippen LogP contribution is -1.66. The normalized spacial score (nSPS) is 10.0. The van der Waals surface area contributed by atoms with Crippen molar-refractivity contribution >= 4 is 0 Å². The Labute approximate surface area is 76.7 Å². The van der Waals surface area contributed by atoms with Crippen molar-refractivity contribution in [2.45, 2.75) is 40.5 Å². The van der Waals surface area contributed by atoms with E-state index in [-0.39, 0.29) is 0 Å². The highest BCUT2D eigenvalue weighted by atomic mass is 13.8. The average Bonchev–Trinajstić information content (AvgIpc) is 1.95. The van der Waals surface area contributed by atoms with Crippen LogP contribution in [0.3, 0.4) is 0 Å². The molecule has 0 spiro atoms. The van der Waals surface area contributed by atoms with Crippen LogP contribution in [0, 0.1) is 0 Å². The van der Waals surface area contributed by atoms with Gasteiger partial charge >= 0.3 is 0 Å². The maximum absolute atomic E-state index is 2.24. The van der Waals surface area contributed by atoms with Gasteiger partial charge in [-0.2, -0.15) is 0 Å². The molecular weight excluding hydrogens is 144 g/mol. The van der Waals surface area contributed by atoms with E-state index in [1.54, 1.807) is 0 Å². The lowest BCUT2D eigenvalue weighted by molar-refractivity contribution is 1.23. The molecule has 0 aliphatic carbocycles. The molecule has 0 aliphatic rings. The summed E-state index contributed by atoms with van der Waals surface area (Å²) in [5.41, 5.74) is 2.78. The zero-order chi connectivity index (χ0) is 9.40. The van der Waals surface area contributed by atoms with E-state index in [4.69, 9.17) is 0 Å². The van der Waals surface area contributed by atoms with E-state index in [0.717, 1.165) is 12.8 Å². The van der Waals surface area contributed by atoms with Crippen molar-refractivity contribution in [3.8, 4) is 0 Å². The van der Waals surface area contributed by atoms with Crippen LogP contribution in [0.25, 0.3) is 0 Å². The third-order valence-corrected chi connectivity index (χ3v) is 1.49. The van der Waals surface area contributed by atoms with E-state index in [2.05, 4.69) is 52.0 Å². The summed E-state index contributed by atoms with van der Waals surface area (Å²) in [6, 6.07) is 0. The quantitative estimate of drug-likeness (QED) is 0.545. The summed E-state index contributed by atoms with van der Waals surface area (Å²) in [5.74, 6) is 0. The molecule has 0 fully saturated rings. The third kappa shape index (κ3) is 9.22. The molecule has 0 N–H and O–H groups in total. The van der Waals surface area contributed by atoms with Crippen LogP contribution in [0.1, 0.15) is 40.5 Å². The van der Waals surface area contributed by atoms with Crippen molar-refractivity contribution in [1.82, 2.24) is 0 Å². The molecule has 0 rings (SSSR count). The summed E-state index contributed by atoms with van der Waals surface area (Å²) in [6.45, 7) is 8.52. The van der Waals surface area contributed by atoms with Crippen LogP contribution in [0.15, 0.2) is 35.5 Å². The van der Waals surface area contributed by atoms with Gasteiger partial charge in [0.15, 0.2) is 0 Å². The molecule has 0 aromatic rings. The Morgan fingerprint density at radius 1 is 0.750 bits per heavy atom. The van der Waals surface area contributed by atoms with Crippen molar-refractivity contribution < 1.29 is 0 Å². The zero-order valence-electron chi connectivity index (χ0n) is 8.72. The lowest BCUT2D eigenvalue weighted by Gasteiger charge is -1.87. The molecule has 0 aromatic heterocycles. The largest absolute Gasteiger partial charge is 0.0844 e. The van der Waals surface area contributed by atoms with Crippen molar-refractivity contribution in [1.29, 1.82) is 0 Å². The van der Waals surface area contributed by atoms with Crippen molar-refractivity contribution in [2.24, 2.45) is 0 Å². The Morgan fingerprint density at radius 3 is 1.33 bits per heavy atom. The number of hydrogen-bond donors (Lipinski definition) is 0. The van der Waals surface area contributed by atoms with Gasteiger partial charge in [-0.25, -0.2) is 0 Å². The zero-order valence-corrected chi connectivity index (χ0v) is 8.72. The summed E-state index contributed by atoms with van der Waals surface area (Å²) >= 11 is 0. The molecule has 12 heavy (non-hydrogen) atoms. The fourth-order valence-corrected chi connectivity index (χ4v) is 0.800. The molecule has 0 saturated heterocycles. The predicted molar refractivity (Wildman–Crippen MR) is 57.2 cm³/mol. The van der Waals surface area contributed by atoms with Gasteiger partial charge in [0.05, 0.1) is 0 Å². The molecule has 0 heteroatoms. The van der Waals surface area contributed by atoms with Crippen LogP contribution in [0.5, 0.6) is 0 Å². The van der Waals surface area contributed by atoms with E-state index in [9.17, 15) is 0 Å². The van der Waals surface area contributed by atoms with Gasteiger partial charge in [0.1, 0.15) is 0 Å². The Kier molecular flexibility index (Phi) is 6.45. The summed E-state index contributed by atoms with van der Waals surface area (Å²) in [6.07, 6.45) is 11.0. The SMILES string of the molecule is CC(C)=CCC=CCC=C(C)C. The number of hydrogen-bond acceptors (Lipinski definition) is 0. The summed E-state index contributed by atoms with van der Waals surface area (Å²) in [5, 5.41) is 0. The first-order valence-electron chi connectivity index (χ1n) is 4.54. The first-order chi connectivity index (χ1) is 5.63. The molecule has 0 atom stereocenters. The number of rotatable bonds is 4. The molecule has 0 radical (unpaired) electrons. The molecule has 0 unspecified atom stereocenters. The summed E-state index contributed by atoms with van der Waals surface area (Å²) < 4.78 is 0. The van der Waals surface area contributed by atoms with E-state index in [1.807, 2.05) is 0 Å². The number of allylic oxidation sites excluding steroid dienone is 6. The second-order valence-electron chi connectivity index (χ2n) is 3.51. The molecule has 0 heterocycles. The van der Waals surface area contributed by atoms with Gasteiger partial charge in [0, 0.05) is 0 Å². The van der Waals surface area contributed by atoms with Crippen LogP contribution in [-0.4, -0.2) is 0 Å². The molecule has 0 aromatic carbocycles. The molecule has 0 aliphatic heterocycles. The van der Waals surface area contributed by atoms with Crippen molar-refractivity contribution in [3.05, 3.63) is 35.5 Å². The molecular formula is C12H20. The highest BCUT2D eigenvalue weighted by molar-refractivity contribution is 5.02. The molecule has 0 bridgehead atoms. The minimum atomic E-state index is 1.07. The maximum Gasteiger partial charge on any atom is -0.0167 e. The predicted octanol–water partition coefficient (Wildman–Crippen LogP) is 4.26. The standard InChI is InChI=1S/C12H20/c1-11(2)9-7-5-6-8-10-12(3)4/h5-6,9-10H,7-8H2,1-4H3. The smallest absolute Gasteiger partial charge is 0.0167 e. The van der Waals surface area contributed by atoms with Crippen LogP contribution < -0.4 is 0 Å². The van der Waals surface area contributed by atoms with Gasteiger partial charge in [-0.15, -0.1) is 0 Å². The third-order valence-electron chi connectivity index (χ3n) is 1.49. The molecule has 0 nitrogen and oxygen atoms in total. The second-order valence-corrected chi connectivity index (χ2v) is 3.51. The monoisotopic (exact) mass is 164 g/mol. The highest BCUT2D eigenvalue weighted by Gasteiger charge is 1.76. The Balaban J connectivity index is 3.52. The molecule has 0 saturated carbocycles. The minimum Gasteiger partial charge on any atom is -0.0844 e. The molecule has 68 valence electrons. The van der Waals surface area contributed by atoms with E-state index < -0.39 is 0 Å². The highest BCUT2D eigenvalue weighted by Crippen LogP contribution is 1.97. The van der Waals surface area contributed by atoms with Gasteiger partial charge in [-0.3, -0.25) is 0 Å². The van der Waals surface area contributed by atoms with Gasteiger partial charge in [0.2, 0.25) is 0 Å². The van der Waals surface area contributed by atoms with Crippen LogP contribution in [-0.2, 0) is 0 Å².